The number of aliphatic carboxylic acids is 1. The minimum atomic E-state index is -1.44. The SMILES string of the molecule is COc1ccccc1N1CC/C(=C\C2=C(C(=O)O)N3C(=O)[C@@H](NC(=O)/C(=N\OC(c4ccccc4)(c4ccccc4)c4ccccc4)c4csc(N)n4)[C@H]3CO2)C1=O. The molecule has 4 heterocycles. The van der Waals surface area contributed by atoms with Crippen LogP contribution in [0.25, 0.3) is 0 Å². The van der Waals surface area contributed by atoms with Crippen LogP contribution in [-0.4, -0.2) is 76.7 Å². The molecule has 4 N–H and O–H groups in total. The zero-order valence-corrected chi connectivity index (χ0v) is 31.8. The number of hydrogen-bond acceptors (Lipinski definition) is 11. The summed E-state index contributed by atoms with van der Waals surface area (Å²) in [6.07, 6.45) is 1.67. The second-order valence-corrected chi connectivity index (χ2v) is 14.4. The molecule has 5 aromatic rings. The van der Waals surface area contributed by atoms with Crippen molar-refractivity contribution >= 4 is 51.6 Å². The minimum absolute atomic E-state index is 0.107. The fraction of sp³-hybridized carbons (Fsp3) is 0.163. The molecule has 14 nitrogen and oxygen atoms in total. The Hall–Kier alpha value is -7.26. The molecule has 0 radical (unpaired) electrons. The van der Waals surface area contributed by atoms with Crippen LogP contribution in [0.15, 0.2) is 149 Å². The van der Waals surface area contributed by atoms with Gasteiger partial charge >= 0.3 is 5.97 Å². The summed E-state index contributed by atoms with van der Waals surface area (Å²) in [5.41, 5.74) is 7.12. The highest BCUT2D eigenvalue weighted by Crippen LogP contribution is 2.41. The van der Waals surface area contributed by atoms with E-state index < -0.39 is 41.2 Å². The molecule has 0 bridgehead atoms. The first-order valence-electron chi connectivity index (χ1n) is 18.2. The first-order valence-corrected chi connectivity index (χ1v) is 19.1. The maximum atomic E-state index is 14.2. The number of nitrogens with two attached hydrogens (primary N) is 1. The van der Waals surface area contributed by atoms with E-state index in [9.17, 15) is 24.3 Å². The van der Waals surface area contributed by atoms with Gasteiger partial charge in [-0.1, -0.05) is 108 Å². The summed E-state index contributed by atoms with van der Waals surface area (Å²) in [5, 5.41) is 19.2. The molecule has 4 aromatic carbocycles. The van der Waals surface area contributed by atoms with Crippen LogP contribution in [0.5, 0.6) is 5.75 Å². The van der Waals surface area contributed by atoms with Crippen molar-refractivity contribution in [1.82, 2.24) is 15.2 Å². The van der Waals surface area contributed by atoms with Crippen molar-refractivity contribution in [1.29, 1.82) is 0 Å². The van der Waals surface area contributed by atoms with Crippen molar-refractivity contribution in [2.24, 2.45) is 5.16 Å². The van der Waals surface area contributed by atoms with Gasteiger partial charge in [0.15, 0.2) is 22.3 Å². The molecule has 3 aliphatic rings. The molecule has 8 rings (SSSR count). The van der Waals surface area contributed by atoms with Crippen LogP contribution in [0.2, 0.25) is 0 Å². The number of β-lactam (4-membered cyclic amide) rings is 1. The van der Waals surface area contributed by atoms with E-state index in [0.717, 1.165) is 32.9 Å². The lowest BCUT2D eigenvalue weighted by atomic mass is 9.80. The average Bonchev–Trinajstić information content (AvgIpc) is 3.86. The predicted molar refractivity (Wildman–Crippen MR) is 215 cm³/mol. The van der Waals surface area contributed by atoms with Gasteiger partial charge in [-0.05, 0) is 24.6 Å². The van der Waals surface area contributed by atoms with E-state index >= 15 is 0 Å². The van der Waals surface area contributed by atoms with Gasteiger partial charge in [-0.2, -0.15) is 0 Å². The number of anilines is 2. The summed E-state index contributed by atoms with van der Waals surface area (Å²) in [5.74, 6) is -2.91. The monoisotopic (exact) mass is 796 g/mol. The Morgan fingerprint density at radius 1 is 0.948 bits per heavy atom. The molecule has 292 valence electrons. The third-order valence-corrected chi connectivity index (χ3v) is 10.9. The lowest BCUT2D eigenvalue weighted by Gasteiger charge is -2.49. The fourth-order valence-electron chi connectivity index (χ4n) is 7.42. The molecule has 1 aromatic heterocycles. The van der Waals surface area contributed by atoms with E-state index in [4.69, 9.17) is 20.0 Å². The topological polar surface area (TPSA) is 186 Å². The highest BCUT2D eigenvalue weighted by atomic mass is 32.1. The quantitative estimate of drug-likeness (QED) is 0.0519. The molecule has 3 aliphatic heterocycles. The van der Waals surface area contributed by atoms with Gasteiger partial charge in [-0.25, -0.2) is 9.78 Å². The molecular formula is C43H36N6O8S. The number of methoxy groups -OCH3 is 1. The number of fused-ring (bicyclic) bond motifs is 1. The Morgan fingerprint density at radius 3 is 2.12 bits per heavy atom. The molecule has 0 saturated carbocycles. The second kappa shape index (κ2) is 15.7. The Balaban J connectivity index is 1.09. The number of carboxylic acid groups (broad SMARTS) is 1. The lowest BCUT2D eigenvalue weighted by molar-refractivity contribution is -0.159. The van der Waals surface area contributed by atoms with Crippen molar-refractivity contribution < 1.29 is 38.6 Å². The molecule has 0 spiro atoms. The molecule has 3 amide bonds. The van der Waals surface area contributed by atoms with E-state index in [1.165, 1.54) is 13.2 Å². The van der Waals surface area contributed by atoms with Crippen molar-refractivity contribution in [2.45, 2.75) is 24.1 Å². The number of carbonyl (C=O) groups excluding carboxylic acids is 3. The van der Waals surface area contributed by atoms with Gasteiger partial charge in [0.05, 0.1) is 12.8 Å². The summed E-state index contributed by atoms with van der Waals surface area (Å²) in [7, 11) is 1.51. The van der Waals surface area contributed by atoms with Crippen LogP contribution in [0.3, 0.4) is 0 Å². The maximum Gasteiger partial charge on any atom is 0.356 e. The standard InChI is InChI=1S/C43H36N6O8S/c1-55-33-20-12-11-19-31(33)48-22-21-26(39(48)51)23-34-37(41(53)54)49-32(24-56-34)36(40(49)52)46-38(50)35(30-25-58-42(44)45-30)47-57-43(27-13-5-2-6-14-27,28-15-7-3-8-16-28)29-17-9-4-10-18-29/h2-20,23,25,32,36H,21-22,24H2,1H3,(H2,44,45)(H,46,50)(H,53,54)/b26-23+,47-35-/t32-,36+/m1/s1. The Bertz CT molecular complexity index is 2390. The van der Waals surface area contributed by atoms with Crippen LogP contribution in [0, 0.1) is 0 Å². The lowest BCUT2D eigenvalue weighted by Crippen LogP contribution is -2.73. The molecule has 2 atom stereocenters. The van der Waals surface area contributed by atoms with Crippen molar-refractivity contribution in [3.8, 4) is 5.75 Å². The molecule has 0 aliphatic carbocycles. The van der Waals surface area contributed by atoms with E-state index in [-0.39, 0.29) is 34.8 Å². The molecule has 58 heavy (non-hydrogen) atoms. The highest BCUT2D eigenvalue weighted by Gasteiger charge is 2.55. The third-order valence-electron chi connectivity index (χ3n) is 10.2. The number of para-hydroxylation sites is 2. The van der Waals surface area contributed by atoms with Gasteiger partial charge in [0.2, 0.25) is 5.60 Å². The summed E-state index contributed by atoms with van der Waals surface area (Å²) < 4.78 is 11.4. The number of aromatic nitrogens is 1. The largest absolute Gasteiger partial charge is 0.495 e. The average molecular weight is 797 g/mol. The Kier molecular flexibility index (Phi) is 10.2. The van der Waals surface area contributed by atoms with Crippen LogP contribution in [-0.2, 0) is 34.4 Å². The molecule has 15 heteroatoms. The first kappa shape index (κ1) is 37.7. The van der Waals surface area contributed by atoms with Gasteiger partial charge < -0.3 is 35.4 Å². The number of carbonyl (C=O) groups is 4. The van der Waals surface area contributed by atoms with E-state index in [2.05, 4.69) is 15.5 Å². The van der Waals surface area contributed by atoms with Crippen molar-refractivity contribution in [3.05, 3.63) is 166 Å². The Morgan fingerprint density at radius 2 is 1.55 bits per heavy atom. The summed E-state index contributed by atoms with van der Waals surface area (Å²) >= 11 is 1.09. The van der Waals surface area contributed by atoms with E-state index in [0.29, 0.717) is 30.0 Å². The fourth-order valence-corrected chi connectivity index (χ4v) is 7.97. The molecular weight excluding hydrogens is 761 g/mol. The highest BCUT2D eigenvalue weighted by molar-refractivity contribution is 7.13. The van der Waals surface area contributed by atoms with Gasteiger partial charge in [-0.15, -0.1) is 11.3 Å². The zero-order valence-electron chi connectivity index (χ0n) is 31.0. The number of amides is 3. The maximum absolute atomic E-state index is 14.2. The van der Waals surface area contributed by atoms with E-state index in [1.54, 1.807) is 34.5 Å². The number of oxime groups is 1. The van der Waals surface area contributed by atoms with Crippen LogP contribution in [0.4, 0.5) is 10.8 Å². The summed E-state index contributed by atoms with van der Waals surface area (Å²) in [6.45, 7) is 0.171. The van der Waals surface area contributed by atoms with E-state index in [1.807, 2.05) is 91.0 Å². The van der Waals surface area contributed by atoms with Crippen LogP contribution >= 0.6 is 11.3 Å². The molecule has 0 unspecified atom stereocenters. The van der Waals surface area contributed by atoms with Crippen molar-refractivity contribution in [2.75, 3.05) is 30.9 Å². The number of rotatable bonds is 12. The number of allylic oxidation sites excluding steroid dienone is 1. The van der Waals surface area contributed by atoms with Crippen molar-refractivity contribution in [3.63, 3.8) is 0 Å². The number of thiazole rings is 1. The van der Waals surface area contributed by atoms with Gasteiger partial charge in [0.25, 0.3) is 17.7 Å². The predicted octanol–water partition coefficient (Wildman–Crippen LogP) is 4.83. The zero-order chi connectivity index (χ0) is 40.4. The van der Waals surface area contributed by atoms with Gasteiger partial charge in [-0.3, -0.25) is 19.3 Å². The number of nitrogens with one attached hydrogen (secondary N) is 1. The number of nitrogen functional groups attached to an aromatic ring is 1. The smallest absolute Gasteiger partial charge is 0.356 e. The van der Waals surface area contributed by atoms with Gasteiger partial charge in [0, 0.05) is 34.2 Å². The summed E-state index contributed by atoms with van der Waals surface area (Å²) in [4.78, 5) is 67.7. The normalized spacial score (nSPS) is 18.7. The number of benzene rings is 4. The molecule has 2 saturated heterocycles. The molecule has 2 fully saturated rings. The Labute approximate surface area is 336 Å². The summed E-state index contributed by atoms with van der Waals surface area (Å²) in [6, 6.07) is 33.3. The number of carboxylic acids is 1. The number of hydrogen-bond donors (Lipinski definition) is 3. The number of nitrogens with zero attached hydrogens (tertiary/aromatic N) is 4. The van der Waals surface area contributed by atoms with Gasteiger partial charge in [0.1, 0.15) is 30.1 Å². The minimum Gasteiger partial charge on any atom is -0.495 e. The van der Waals surface area contributed by atoms with Crippen LogP contribution < -0.4 is 20.7 Å². The number of ether oxygens (including phenoxy) is 2. The first-order chi connectivity index (χ1) is 28.2. The third kappa shape index (κ3) is 6.70. The second-order valence-electron chi connectivity index (χ2n) is 13.5. The van der Waals surface area contributed by atoms with Crippen LogP contribution in [0.1, 0.15) is 28.8 Å².